The summed E-state index contributed by atoms with van der Waals surface area (Å²) < 4.78 is 10.6. The maximum Gasteiger partial charge on any atom is 0.329 e. The van der Waals surface area contributed by atoms with Gasteiger partial charge in [-0.2, -0.15) is 0 Å². The van der Waals surface area contributed by atoms with Crippen molar-refractivity contribution in [2.75, 3.05) is 19.8 Å². The van der Waals surface area contributed by atoms with Gasteiger partial charge in [0.15, 0.2) is 0 Å². The van der Waals surface area contributed by atoms with Crippen LogP contribution >= 0.6 is 0 Å². The van der Waals surface area contributed by atoms with Gasteiger partial charge < -0.3 is 25.2 Å². The van der Waals surface area contributed by atoms with Crippen LogP contribution in [-0.2, 0) is 14.3 Å². The molecule has 2 unspecified atom stereocenters. The number of hydrogen-bond acceptors (Lipinski definition) is 4. The van der Waals surface area contributed by atoms with E-state index in [4.69, 9.17) is 9.47 Å². The van der Waals surface area contributed by atoms with Gasteiger partial charge in [0.05, 0.1) is 11.6 Å². The van der Waals surface area contributed by atoms with E-state index in [-0.39, 0.29) is 18.9 Å². The van der Waals surface area contributed by atoms with Crippen molar-refractivity contribution in [1.29, 1.82) is 0 Å². The monoisotopic (exact) mass is 286 g/mol. The molecule has 0 radical (unpaired) electrons. The van der Waals surface area contributed by atoms with E-state index in [1.807, 2.05) is 13.8 Å². The lowest BCUT2D eigenvalue weighted by Gasteiger charge is -2.36. The molecule has 3 N–H and O–H groups in total. The Bertz CT molecular complexity index is 394. The van der Waals surface area contributed by atoms with Crippen molar-refractivity contribution in [3.63, 3.8) is 0 Å². The number of hydrogen-bond donors (Lipinski definition) is 3. The predicted octanol–water partition coefficient (Wildman–Crippen LogP) is 0.487. The molecule has 2 amide bonds. The van der Waals surface area contributed by atoms with Crippen LogP contribution < -0.4 is 10.6 Å². The topological polar surface area (TPSA) is 96.9 Å². The molecule has 7 heteroatoms. The molecule has 2 heterocycles. The minimum absolute atomic E-state index is 0.0938. The first kappa shape index (κ1) is 15.1. The Labute approximate surface area is 118 Å². The van der Waals surface area contributed by atoms with Crippen molar-refractivity contribution < 1.29 is 24.2 Å². The highest BCUT2D eigenvalue weighted by Gasteiger charge is 2.44. The minimum Gasteiger partial charge on any atom is -0.480 e. The van der Waals surface area contributed by atoms with Crippen LogP contribution in [0.5, 0.6) is 0 Å². The number of rotatable bonds is 3. The number of nitrogens with one attached hydrogen (secondary N) is 2. The molecule has 20 heavy (non-hydrogen) atoms. The third kappa shape index (κ3) is 2.88. The lowest BCUT2D eigenvalue weighted by Crippen LogP contribution is -2.63. The standard InChI is InChI=1S/C13H22N2O5/c1-9-12(2,3-8-20-9)14-11(18)15-13(10(16)17)4-6-19-7-5-13/h9H,3-8H2,1-2H3,(H,16,17)(H2,14,15,18). The molecule has 2 aliphatic heterocycles. The number of carboxylic acids is 1. The molecule has 0 spiro atoms. The highest BCUT2D eigenvalue weighted by Crippen LogP contribution is 2.26. The minimum atomic E-state index is -1.23. The first-order valence-corrected chi connectivity index (χ1v) is 6.91. The van der Waals surface area contributed by atoms with Gasteiger partial charge in [-0.15, -0.1) is 0 Å². The zero-order chi connectivity index (χ0) is 14.8. The largest absolute Gasteiger partial charge is 0.480 e. The summed E-state index contributed by atoms with van der Waals surface area (Å²) in [5.74, 6) is -1.02. The quantitative estimate of drug-likeness (QED) is 0.701. The smallest absolute Gasteiger partial charge is 0.329 e. The number of ether oxygens (including phenoxy) is 2. The van der Waals surface area contributed by atoms with Crippen molar-refractivity contribution >= 4 is 12.0 Å². The Balaban J connectivity index is 2.00. The van der Waals surface area contributed by atoms with E-state index in [1.54, 1.807) is 0 Å². The molecule has 0 aliphatic carbocycles. The summed E-state index contributed by atoms with van der Waals surface area (Å²) in [7, 11) is 0. The van der Waals surface area contributed by atoms with E-state index in [9.17, 15) is 14.7 Å². The van der Waals surface area contributed by atoms with Crippen molar-refractivity contribution in [2.24, 2.45) is 0 Å². The van der Waals surface area contributed by atoms with Gasteiger partial charge in [0.1, 0.15) is 5.54 Å². The predicted molar refractivity (Wildman–Crippen MR) is 70.5 cm³/mol. The Morgan fingerprint density at radius 1 is 1.15 bits per heavy atom. The zero-order valence-electron chi connectivity index (χ0n) is 11.9. The van der Waals surface area contributed by atoms with Gasteiger partial charge in [-0.1, -0.05) is 0 Å². The van der Waals surface area contributed by atoms with Gasteiger partial charge in [-0.3, -0.25) is 0 Å². The van der Waals surface area contributed by atoms with Crippen LogP contribution in [-0.4, -0.2) is 54.1 Å². The molecule has 0 saturated carbocycles. The Kier molecular flexibility index (Phi) is 4.19. The Hall–Kier alpha value is -1.34. The molecule has 7 nitrogen and oxygen atoms in total. The molecule has 114 valence electrons. The number of carboxylic acid groups (broad SMARTS) is 1. The number of aliphatic carboxylic acids is 1. The number of urea groups is 1. The average molecular weight is 286 g/mol. The maximum absolute atomic E-state index is 12.1. The molecular formula is C13H22N2O5. The van der Waals surface area contributed by atoms with Gasteiger partial charge in [0.2, 0.25) is 0 Å². The number of amides is 2. The van der Waals surface area contributed by atoms with Gasteiger partial charge in [-0.05, 0) is 20.3 Å². The van der Waals surface area contributed by atoms with E-state index >= 15 is 0 Å². The van der Waals surface area contributed by atoms with Gasteiger partial charge in [-0.25, -0.2) is 9.59 Å². The van der Waals surface area contributed by atoms with E-state index in [1.165, 1.54) is 0 Å². The van der Waals surface area contributed by atoms with Crippen LogP contribution in [0.1, 0.15) is 33.1 Å². The SMILES string of the molecule is CC1OCCC1(C)NC(=O)NC1(C(=O)O)CCOCC1. The van der Waals surface area contributed by atoms with Gasteiger partial charge in [0, 0.05) is 32.7 Å². The molecule has 0 aromatic heterocycles. The summed E-state index contributed by atoms with van der Waals surface area (Å²) >= 11 is 0. The lowest BCUT2D eigenvalue weighted by atomic mass is 9.90. The van der Waals surface area contributed by atoms with E-state index < -0.39 is 23.1 Å². The number of carbonyl (C=O) groups excluding carboxylic acids is 1. The first-order chi connectivity index (χ1) is 9.38. The highest BCUT2D eigenvalue weighted by molar-refractivity contribution is 5.86. The molecule has 0 bridgehead atoms. The fourth-order valence-corrected chi connectivity index (χ4v) is 2.62. The third-order valence-corrected chi connectivity index (χ3v) is 4.39. The fraction of sp³-hybridized carbons (Fsp3) is 0.846. The van der Waals surface area contributed by atoms with Gasteiger partial charge >= 0.3 is 12.0 Å². The Morgan fingerprint density at radius 2 is 1.80 bits per heavy atom. The van der Waals surface area contributed by atoms with Crippen molar-refractivity contribution in [3.8, 4) is 0 Å². The van der Waals surface area contributed by atoms with Crippen LogP contribution in [0.4, 0.5) is 4.79 Å². The summed E-state index contributed by atoms with van der Waals surface area (Å²) in [6.07, 6.45) is 1.17. The van der Waals surface area contributed by atoms with Crippen LogP contribution in [0.25, 0.3) is 0 Å². The van der Waals surface area contributed by atoms with Gasteiger partial charge in [0.25, 0.3) is 0 Å². The second-order valence-electron chi connectivity index (χ2n) is 5.76. The normalized spacial score (nSPS) is 32.6. The summed E-state index contributed by atoms with van der Waals surface area (Å²) in [6, 6.07) is -0.464. The van der Waals surface area contributed by atoms with Crippen molar-refractivity contribution in [2.45, 2.75) is 50.3 Å². The molecule has 2 saturated heterocycles. The summed E-state index contributed by atoms with van der Waals surface area (Å²) in [5, 5.41) is 14.9. The van der Waals surface area contributed by atoms with Crippen LogP contribution in [0, 0.1) is 0 Å². The highest BCUT2D eigenvalue weighted by atomic mass is 16.5. The average Bonchev–Trinajstić information content (AvgIpc) is 2.69. The fourth-order valence-electron chi connectivity index (χ4n) is 2.62. The van der Waals surface area contributed by atoms with E-state index in [2.05, 4.69) is 10.6 Å². The molecule has 0 aromatic carbocycles. The summed E-state index contributed by atoms with van der Waals surface area (Å²) in [6.45, 7) is 5.07. The molecule has 2 aliphatic rings. The molecule has 2 atom stereocenters. The molecule has 2 fully saturated rings. The third-order valence-electron chi connectivity index (χ3n) is 4.39. The van der Waals surface area contributed by atoms with Crippen molar-refractivity contribution in [1.82, 2.24) is 10.6 Å². The van der Waals surface area contributed by atoms with E-state index in [0.717, 1.165) is 0 Å². The van der Waals surface area contributed by atoms with E-state index in [0.29, 0.717) is 26.2 Å². The molecule has 2 rings (SSSR count). The second kappa shape index (κ2) is 5.57. The second-order valence-corrected chi connectivity index (χ2v) is 5.76. The van der Waals surface area contributed by atoms with Crippen LogP contribution in [0.3, 0.4) is 0 Å². The first-order valence-electron chi connectivity index (χ1n) is 6.91. The zero-order valence-corrected chi connectivity index (χ0v) is 11.9. The maximum atomic E-state index is 12.1. The summed E-state index contributed by atoms with van der Waals surface area (Å²) in [5.41, 5.74) is -1.70. The summed E-state index contributed by atoms with van der Waals surface area (Å²) in [4.78, 5) is 23.6. The van der Waals surface area contributed by atoms with Crippen LogP contribution in [0.15, 0.2) is 0 Å². The van der Waals surface area contributed by atoms with Crippen LogP contribution in [0.2, 0.25) is 0 Å². The van der Waals surface area contributed by atoms with Crippen molar-refractivity contribution in [3.05, 3.63) is 0 Å². The molecular weight excluding hydrogens is 264 g/mol. The lowest BCUT2D eigenvalue weighted by molar-refractivity contribution is -0.148. The Morgan fingerprint density at radius 3 is 2.30 bits per heavy atom. The molecule has 0 aromatic rings. The number of carbonyl (C=O) groups is 2.